The Labute approximate surface area is 90.8 Å². The highest BCUT2D eigenvalue weighted by atomic mass is 32.2. The van der Waals surface area contributed by atoms with E-state index in [2.05, 4.69) is 4.99 Å². The van der Waals surface area contributed by atoms with Crippen LogP contribution in [0.2, 0.25) is 0 Å². The Morgan fingerprint density at radius 1 is 1.80 bits per heavy atom. The Morgan fingerprint density at radius 3 is 3.20 bits per heavy atom. The Hall–Kier alpha value is -0.790. The van der Waals surface area contributed by atoms with Crippen molar-refractivity contribution in [3.63, 3.8) is 0 Å². The molecular weight excluding hydrogens is 221 g/mol. The van der Waals surface area contributed by atoms with E-state index in [4.69, 9.17) is 15.6 Å². The van der Waals surface area contributed by atoms with Crippen molar-refractivity contribution in [1.82, 2.24) is 4.90 Å². The number of rotatable bonds is 2. The SMILES string of the molecule is NC1=NCN([C@@H]2CS[C@H](CO)O2)C=C1F. The number of thioether (sulfide) groups is 1. The largest absolute Gasteiger partial charge is 0.393 e. The van der Waals surface area contributed by atoms with E-state index in [0.29, 0.717) is 12.4 Å². The maximum absolute atomic E-state index is 13.1. The summed E-state index contributed by atoms with van der Waals surface area (Å²) in [5.74, 6) is 0.0719. The molecule has 0 saturated carbocycles. The van der Waals surface area contributed by atoms with E-state index in [0.717, 1.165) is 0 Å². The van der Waals surface area contributed by atoms with Gasteiger partial charge in [0.25, 0.3) is 0 Å². The van der Waals surface area contributed by atoms with E-state index < -0.39 is 5.83 Å². The molecule has 7 heteroatoms. The fraction of sp³-hybridized carbons (Fsp3) is 0.625. The van der Waals surface area contributed by atoms with Crippen LogP contribution in [0.25, 0.3) is 0 Å². The highest BCUT2D eigenvalue weighted by Gasteiger charge is 2.30. The van der Waals surface area contributed by atoms with E-state index >= 15 is 0 Å². The van der Waals surface area contributed by atoms with Gasteiger partial charge in [0.05, 0.1) is 6.61 Å². The lowest BCUT2D eigenvalue weighted by Crippen LogP contribution is -2.37. The van der Waals surface area contributed by atoms with Crippen molar-refractivity contribution >= 4 is 17.6 Å². The summed E-state index contributed by atoms with van der Waals surface area (Å²) in [5, 5.41) is 8.87. The van der Waals surface area contributed by atoms with Crippen LogP contribution in [0.5, 0.6) is 0 Å². The third-order valence-corrected chi connectivity index (χ3v) is 3.29. The third kappa shape index (κ3) is 2.24. The molecule has 0 aromatic heterocycles. The van der Waals surface area contributed by atoms with Crippen LogP contribution in [0.4, 0.5) is 4.39 Å². The molecule has 0 bridgehead atoms. The maximum Gasteiger partial charge on any atom is 0.180 e. The molecule has 0 aliphatic carbocycles. The lowest BCUT2D eigenvalue weighted by Gasteiger charge is -2.27. The van der Waals surface area contributed by atoms with Crippen molar-refractivity contribution in [3.8, 4) is 0 Å². The fourth-order valence-corrected chi connectivity index (χ4v) is 2.33. The molecule has 1 saturated heterocycles. The predicted octanol–water partition coefficient (Wildman–Crippen LogP) is -0.165. The minimum Gasteiger partial charge on any atom is -0.393 e. The zero-order chi connectivity index (χ0) is 10.8. The lowest BCUT2D eigenvalue weighted by molar-refractivity contribution is -0.0360. The molecule has 0 aromatic carbocycles. The zero-order valence-corrected chi connectivity index (χ0v) is 8.78. The van der Waals surface area contributed by atoms with Crippen LogP contribution in [0.1, 0.15) is 0 Å². The molecule has 0 aromatic rings. The Kier molecular flexibility index (Phi) is 3.13. The number of amidine groups is 1. The molecule has 2 atom stereocenters. The smallest absolute Gasteiger partial charge is 0.180 e. The summed E-state index contributed by atoms with van der Waals surface area (Å²) >= 11 is 1.50. The van der Waals surface area contributed by atoms with Crippen LogP contribution < -0.4 is 5.73 Å². The molecule has 2 aliphatic rings. The van der Waals surface area contributed by atoms with Crippen molar-refractivity contribution < 1.29 is 14.2 Å². The van der Waals surface area contributed by atoms with E-state index in [9.17, 15) is 4.39 Å². The normalized spacial score (nSPS) is 31.5. The number of aliphatic imine (C=N–C) groups is 1. The number of nitrogens with two attached hydrogens (primary N) is 1. The average molecular weight is 233 g/mol. The van der Waals surface area contributed by atoms with Gasteiger partial charge in [0.2, 0.25) is 0 Å². The average Bonchev–Trinajstić information content (AvgIpc) is 2.70. The molecule has 15 heavy (non-hydrogen) atoms. The standard InChI is InChI=1S/C8H12FN3O2S/c9-5-1-12(4-11-8(5)10)6-3-15-7(2-13)14-6/h1,6-7,13H,2-4H2,(H2,10,11)/t6-,7+/m0/s1. The molecule has 0 radical (unpaired) electrons. The highest BCUT2D eigenvalue weighted by Crippen LogP contribution is 2.28. The third-order valence-electron chi connectivity index (χ3n) is 2.18. The van der Waals surface area contributed by atoms with Crippen LogP contribution >= 0.6 is 11.8 Å². The summed E-state index contributed by atoms with van der Waals surface area (Å²) in [6.45, 7) is 0.259. The Bertz CT molecular complexity index is 310. The van der Waals surface area contributed by atoms with Gasteiger partial charge in [0, 0.05) is 12.0 Å². The first-order valence-electron chi connectivity index (χ1n) is 4.52. The molecule has 5 nitrogen and oxygen atoms in total. The number of hydrogen-bond acceptors (Lipinski definition) is 6. The van der Waals surface area contributed by atoms with Gasteiger partial charge in [0.1, 0.15) is 18.3 Å². The monoisotopic (exact) mass is 233 g/mol. The van der Waals surface area contributed by atoms with Crippen LogP contribution in [0.3, 0.4) is 0 Å². The second-order valence-electron chi connectivity index (χ2n) is 3.21. The maximum atomic E-state index is 13.1. The summed E-state index contributed by atoms with van der Waals surface area (Å²) in [6, 6.07) is 0. The van der Waals surface area contributed by atoms with Crippen molar-refractivity contribution in [3.05, 3.63) is 12.0 Å². The van der Waals surface area contributed by atoms with Crippen LogP contribution in [-0.4, -0.2) is 46.5 Å². The lowest BCUT2D eigenvalue weighted by atomic mass is 10.4. The quantitative estimate of drug-likeness (QED) is 0.693. The van der Waals surface area contributed by atoms with Crippen LogP contribution in [0.15, 0.2) is 17.0 Å². The van der Waals surface area contributed by atoms with Crippen LogP contribution in [0, 0.1) is 0 Å². The zero-order valence-electron chi connectivity index (χ0n) is 7.97. The summed E-state index contributed by atoms with van der Waals surface area (Å²) in [6.07, 6.45) is 1.06. The first kappa shape index (κ1) is 10.7. The summed E-state index contributed by atoms with van der Waals surface area (Å²) in [7, 11) is 0. The van der Waals surface area contributed by atoms with Crippen molar-refractivity contribution in [1.29, 1.82) is 0 Å². The van der Waals surface area contributed by atoms with Crippen molar-refractivity contribution in [2.75, 3.05) is 19.0 Å². The molecule has 84 valence electrons. The molecule has 0 unspecified atom stereocenters. The van der Waals surface area contributed by atoms with E-state index in [1.165, 1.54) is 18.0 Å². The van der Waals surface area contributed by atoms with E-state index in [1.54, 1.807) is 4.90 Å². The minimum atomic E-state index is -0.540. The van der Waals surface area contributed by atoms with Crippen LogP contribution in [-0.2, 0) is 4.74 Å². The number of ether oxygens (including phenoxy) is 1. The van der Waals surface area contributed by atoms with E-state index in [1.807, 2.05) is 0 Å². The topological polar surface area (TPSA) is 71.1 Å². The molecule has 3 N–H and O–H groups in total. The number of halogens is 1. The van der Waals surface area contributed by atoms with Gasteiger partial charge in [-0.05, 0) is 0 Å². The van der Waals surface area contributed by atoms with Gasteiger partial charge in [-0.25, -0.2) is 9.38 Å². The predicted molar refractivity (Wildman–Crippen MR) is 55.7 cm³/mol. The second kappa shape index (κ2) is 4.38. The Balaban J connectivity index is 1.97. The van der Waals surface area contributed by atoms with Gasteiger partial charge in [0.15, 0.2) is 11.7 Å². The summed E-state index contributed by atoms with van der Waals surface area (Å²) in [4.78, 5) is 5.45. The second-order valence-corrected chi connectivity index (χ2v) is 4.40. The van der Waals surface area contributed by atoms with Gasteiger partial charge in [-0.15, -0.1) is 11.8 Å². The first-order chi connectivity index (χ1) is 7.20. The van der Waals surface area contributed by atoms with Gasteiger partial charge in [-0.3, -0.25) is 0 Å². The van der Waals surface area contributed by atoms with Crippen molar-refractivity contribution in [2.24, 2.45) is 10.7 Å². The number of aliphatic hydroxyl groups is 1. The number of nitrogens with zero attached hydrogens (tertiary/aromatic N) is 2. The number of hydrogen-bond donors (Lipinski definition) is 2. The number of aliphatic hydroxyl groups excluding tert-OH is 1. The van der Waals surface area contributed by atoms with E-state index in [-0.39, 0.29) is 24.1 Å². The minimum absolute atomic E-state index is 0.0351. The molecule has 2 aliphatic heterocycles. The summed E-state index contributed by atoms with van der Waals surface area (Å²) in [5.41, 5.74) is 5.06. The molecule has 2 rings (SSSR count). The van der Waals surface area contributed by atoms with Crippen molar-refractivity contribution in [2.45, 2.75) is 11.7 Å². The van der Waals surface area contributed by atoms with Gasteiger partial charge in [-0.2, -0.15) is 0 Å². The molecule has 1 fully saturated rings. The van der Waals surface area contributed by atoms with Gasteiger partial charge in [-0.1, -0.05) is 0 Å². The molecular formula is C8H12FN3O2S. The van der Waals surface area contributed by atoms with Gasteiger partial charge < -0.3 is 20.5 Å². The fourth-order valence-electron chi connectivity index (χ4n) is 1.37. The highest BCUT2D eigenvalue weighted by molar-refractivity contribution is 8.00. The first-order valence-corrected chi connectivity index (χ1v) is 5.57. The molecule has 2 heterocycles. The molecule has 0 amide bonds. The van der Waals surface area contributed by atoms with Gasteiger partial charge >= 0.3 is 0 Å². The Morgan fingerprint density at radius 2 is 2.60 bits per heavy atom. The summed E-state index contributed by atoms with van der Waals surface area (Å²) < 4.78 is 18.6. The molecule has 0 spiro atoms.